The first-order chi connectivity index (χ1) is 15.5. The van der Waals surface area contributed by atoms with Crippen molar-refractivity contribution in [2.45, 2.75) is 45.8 Å². The maximum atomic E-state index is 13.2. The van der Waals surface area contributed by atoms with Crippen molar-refractivity contribution in [1.29, 1.82) is 0 Å². The second-order valence-corrected chi connectivity index (χ2v) is 10.1. The van der Waals surface area contributed by atoms with Gasteiger partial charge in [-0.1, -0.05) is 53.5 Å². The zero-order valence-electron chi connectivity index (χ0n) is 19.0. The number of halogens is 2. The van der Waals surface area contributed by atoms with Gasteiger partial charge in [-0.25, -0.2) is 0 Å². The predicted octanol–water partition coefficient (Wildman–Crippen LogP) is 7.27. The zero-order valence-corrected chi connectivity index (χ0v) is 20.5. The number of amides is 1. The van der Waals surface area contributed by atoms with Gasteiger partial charge in [0.05, 0.1) is 22.5 Å². The summed E-state index contributed by atoms with van der Waals surface area (Å²) in [6, 6.07) is 18.8. The molecule has 4 rings (SSSR count). The van der Waals surface area contributed by atoms with E-state index in [1.54, 1.807) is 17.0 Å². The number of nitrogens with zero attached hydrogens (tertiary/aromatic N) is 1. The summed E-state index contributed by atoms with van der Waals surface area (Å²) in [5.74, 6) is -0.715. The van der Waals surface area contributed by atoms with Crippen molar-refractivity contribution in [3.63, 3.8) is 0 Å². The second-order valence-electron chi connectivity index (χ2n) is 9.24. The molecule has 0 bridgehead atoms. The van der Waals surface area contributed by atoms with E-state index in [-0.39, 0.29) is 11.9 Å². The van der Waals surface area contributed by atoms with Gasteiger partial charge in [0, 0.05) is 11.3 Å². The molecule has 0 aromatic heterocycles. The lowest BCUT2D eigenvalue weighted by Gasteiger charge is -2.23. The van der Waals surface area contributed by atoms with Gasteiger partial charge in [-0.05, 0) is 80.3 Å². The second kappa shape index (κ2) is 8.85. The lowest BCUT2D eigenvalue weighted by Crippen LogP contribution is -2.27. The van der Waals surface area contributed by atoms with E-state index < -0.39 is 11.5 Å². The van der Waals surface area contributed by atoms with Crippen molar-refractivity contribution in [3.8, 4) is 11.1 Å². The summed E-state index contributed by atoms with van der Waals surface area (Å²) < 4.78 is 5.49. The molecule has 0 aliphatic carbocycles. The number of carbonyl (C=O) groups excluding carboxylic acids is 2. The Hall–Kier alpha value is -2.82. The average Bonchev–Trinajstić information content (AvgIpc) is 3.10. The molecule has 3 aromatic carbocycles. The van der Waals surface area contributed by atoms with Crippen LogP contribution in [0.4, 0.5) is 5.69 Å². The molecule has 170 valence electrons. The van der Waals surface area contributed by atoms with E-state index in [9.17, 15) is 9.59 Å². The molecule has 1 amide bonds. The maximum Gasteiger partial charge on any atom is 0.313 e. The number of fused-ring (bicyclic) bond motifs is 1. The Morgan fingerprint density at radius 1 is 0.939 bits per heavy atom. The molecule has 1 aliphatic heterocycles. The molecule has 0 fully saturated rings. The first kappa shape index (κ1) is 23.3. The van der Waals surface area contributed by atoms with Gasteiger partial charge in [0.2, 0.25) is 0 Å². The van der Waals surface area contributed by atoms with Crippen LogP contribution < -0.4 is 4.90 Å². The topological polar surface area (TPSA) is 46.6 Å². The quantitative estimate of drug-likeness (QED) is 0.368. The standard InChI is InChI=1S/C27H25Cl2NO3/c1-16(26(32)33-27(2,3)4)17-7-10-21(11-8-17)30-15-20-6-5-18(13-22(20)25(30)31)19-9-12-23(28)24(29)14-19/h5-14,16H,15H2,1-4H3. The minimum atomic E-state index is -0.533. The highest BCUT2D eigenvalue weighted by Gasteiger charge is 2.29. The Bertz CT molecular complexity index is 1230. The first-order valence-electron chi connectivity index (χ1n) is 10.8. The lowest BCUT2D eigenvalue weighted by molar-refractivity contribution is -0.156. The molecule has 0 saturated heterocycles. The van der Waals surface area contributed by atoms with Crippen molar-refractivity contribution in [2.24, 2.45) is 0 Å². The van der Waals surface area contributed by atoms with Crippen LogP contribution >= 0.6 is 23.2 Å². The third-order valence-electron chi connectivity index (χ3n) is 5.63. The predicted molar refractivity (Wildman–Crippen MR) is 133 cm³/mol. The van der Waals surface area contributed by atoms with E-state index in [4.69, 9.17) is 27.9 Å². The van der Waals surface area contributed by atoms with Crippen LogP contribution in [0.1, 0.15) is 55.1 Å². The van der Waals surface area contributed by atoms with Crippen molar-refractivity contribution in [1.82, 2.24) is 0 Å². The summed E-state index contributed by atoms with van der Waals surface area (Å²) >= 11 is 12.2. The Balaban J connectivity index is 1.54. The lowest BCUT2D eigenvalue weighted by atomic mass is 10.0. The van der Waals surface area contributed by atoms with E-state index in [1.165, 1.54) is 0 Å². The molecule has 0 radical (unpaired) electrons. The summed E-state index contributed by atoms with van der Waals surface area (Å²) in [5.41, 5.74) is 4.55. The Kier molecular flexibility index (Phi) is 6.26. The van der Waals surface area contributed by atoms with Gasteiger partial charge in [0.1, 0.15) is 5.60 Å². The molecule has 0 saturated carbocycles. The number of hydrogen-bond donors (Lipinski definition) is 0. The largest absolute Gasteiger partial charge is 0.460 e. The Morgan fingerprint density at radius 3 is 2.21 bits per heavy atom. The van der Waals surface area contributed by atoms with E-state index >= 15 is 0 Å². The Morgan fingerprint density at radius 2 is 1.58 bits per heavy atom. The maximum absolute atomic E-state index is 13.2. The molecular formula is C27H25Cl2NO3. The van der Waals surface area contributed by atoms with Gasteiger partial charge in [0.25, 0.3) is 5.91 Å². The van der Waals surface area contributed by atoms with Crippen LogP contribution in [0.15, 0.2) is 60.7 Å². The summed E-state index contributed by atoms with van der Waals surface area (Å²) in [7, 11) is 0. The van der Waals surface area contributed by atoms with Gasteiger partial charge >= 0.3 is 5.97 Å². The van der Waals surface area contributed by atoms with Crippen LogP contribution in [0.5, 0.6) is 0 Å². The highest BCUT2D eigenvalue weighted by Crippen LogP contribution is 2.34. The SMILES string of the molecule is CC(C(=O)OC(C)(C)C)c1ccc(N2Cc3ccc(-c4ccc(Cl)c(Cl)c4)cc3C2=O)cc1. The van der Waals surface area contributed by atoms with Crippen LogP contribution in [-0.4, -0.2) is 17.5 Å². The number of rotatable bonds is 4. The monoisotopic (exact) mass is 481 g/mol. The molecule has 1 unspecified atom stereocenters. The third-order valence-corrected chi connectivity index (χ3v) is 6.37. The summed E-state index contributed by atoms with van der Waals surface area (Å²) in [4.78, 5) is 27.3. The summed E-state index contributed by atoms with van der Waals surface area (Å²) in [6.07, 6.45) is 0. The van der Waals surface area contributed by atoms with Crippen molar-refractivity contribution < 1.29 is 14.3 Å². The smallest absolute Gasteiger partial charge is 0.313 e. The third kappa shape index (κ3) is 4.92. The highest BCUT2D eigenvalue weighted by atomic mass is 35.5. The molecule has 1 heterocycles. The minimum Gasteiger partial charge on any atom is -0.460 e. The van der Waals surface area contributed by atoms with Gasteiger partial charge in [-0.2, -0.15) is 0 Å². The minimum absolute atomic E-state index is 0.0557. The number of benzene rings is 3. The van der Waals surface area contributed by atoms with E-state index in [0.717, 1.165) is 27.9 Å². The number of anilines is 1. The zero-order chi connectivity index (χ0) is 23.9. The number of ether oxygens (including phenoxy) is 1. The molecule has 33 heavy (non-hydrogen) atoms. The fourth-order valence-electron chi connectivity index (χ4n) is 3.83. The van der Waals surface area contributed by atoms with E-state index in [1.807, 2.05) is 76.2 Å². The fourth-order valence-corrected chi connectivity index (χ4v) is 4.13. The van der Waals surface area contributed by atoms with Crippen LogP contribution in [-0.2, 0) is 16.1 Å². The average molecular weight is 482 g/mol. The number of carbonyl (C=O) groups is 2. The molecule has 1 aliphatic rings. The molecule has 4 nitrogen and oxygen atoms in total. The fraction of sp³-hybridized carbons (Fsp3) is 0.259. The molecule has 6 heteroatoms. The van der Waals surface area contributed by atoms with Gasteiger partial charge in [-0.3, -0.25) is 9.59 Å². The number of esters is 1. The normalized spacial score (nSPS) is 14.2. The van der Waals surface area contributed by atoms with Crippen LogP contribution in [0.25, 0.3) is 11.1 Å². The summed E-state index contributed by atoms with van der Waals surface area (Å²) in [5, 5.41) is 0.969. The Labute approximate surface area is 204 Å². The molecule has 0 N–H and O–H groups in total. The number of hydrogen-bond acceptors (Lipinski definition) is 3. The van der Waals surface area contributed by atoms with Crippen molar-refractivity contribution >= 4 is 40.8 Å². The van der Waals surface area contributed by atoms with Crippen LogP contribution in [0.2, 0.25) is 10.0 Å². The molecule has 1 atom stereocenters. The van der Waals surface area contributed by atoms with Gasteiger partial charge < -0.3 is 9.64 Å². The first-order valence-corrected chi connectivity index (χ1v) is 11.5. The molecule has 3 aromatic rings. The van der Waals surface area contributed by atoms with E-state index in [2.05, 4.69) is 0 Å². The van der Waals surface area contributed by atoms with Crippen molar-refractivity contribution in [3.05, 3.63) is 87.4 Å². The molecular weight excluding hydrogens is 457 g/mol. The van der Waals surface area contributed by atoms with Gasteiger partial charge in [0.15, 0.2) is 0 Å². The molecule has 0 spiro atoms. The van der Waals surface area contributed by atoms with Crippen LogP contribution in [0, 0.1) is 0 Å². The highest BCUT2D eigenvalue weighted by molar-refractivity contribution is 6.42. The summed E-state index contributed by atoms with van der Waals surface area (Å²) in [6.45, 7) is 7.88. The van der Waals surface area contributed by atoms with Crippen molar-refractivity contribution in [2.75, 3.05) is 4.90 Å². The van der Waals surface area contributed by atoms with Gasteiger partial charge in [-0.15, -0.1) is 0 Å². The van der Waals surface area contributed by atoms with Crippen LogP contribution in [0.3, 0.4) is 0 Å². The van der Waals surface area contributed by atoms with E-state index in [0.29, 0.717) is 22.2 Å².